The van der Waals surface area contributed by atoms with Crippen LogP contribution in [0.4, 0.5) is 5.69 Å². The Morgan fingerprint density at radius 2 is 1.39 bits per heavy atom. The fourth-order valence-electron chi connectivity index (χ4n) is 5.06. The maximum Gasteiger partial charge on any atom is 0.198 e. The lowest BCUT2D eigenvalue weighted by Crippen LogP contribution is -2.44. The second-order valence-electron chi connectivity index (χ2n) is 8.26. The molecule has 0 saturated heterocycles. The van der Waals surface area contributed by atoms with E-state index in [1.54, 1.807) is 28.4 Å². The number of nitrogens with zero attached hydrogens (tertiary/aromatic N) is 1. The summed E-state index contributed by atoms with van der Waals surface area (Å²) in [4.78, 5) is 18.1. The van der Waals surface area contributed by atoms with E-state index >= 15 is 0 Å². The van der Waals surface area contributed by atoms with E-state index < -0.39 is 5.41 Å². The van der Waals surface area contributed by atoms with Gasteiger partial charge >= 0.3 is 0 Å². The number of carbonyl (C=O) groups is 1. The van der Waals surface area contributed by atoms with Gasteiger partial charge in [-0.2, -0.15) is 0 Å². The van der Waals surface area contributed by atoms with Crippen LogP contribution in [0, 0.1) is 5.41 Å². The highest BCUT2D eigenvalue weighted by atomic mass is 16.5. The summed E-state index contributed by atoms with van der Waals surface area (Å²) in [5.41, 5.74) is 4.85. The number of benzene rings is 2. The van der Waals surface area contributed by atoms with E-state index in [0.717, 1.165) is 33.7 Å². The highest BCUT2D eigenvalue weighted by Crippen LogP contribution is 2.54. The van der Waals surface area contributed by atoms with Crippen LogP contribution in [0.5, 0.6) is 23.0 Å². The Balaban J connectivity index is 1.82. The van der Waals surface area contributed by atoms with E-state index in [9.17, 15) is 4.79 Å². The summed E-state index contributed by atoms with van der Waals surface area (Å²) < 4.78 is 27.5. The number of Topliss-reactive ketones (excluding diaryl/α,β-unsaturated/α-hetero) is 1. The van der Waals surface area contributed by atoms with Gasteiger partial charge in [0.25, 0.3) is 0 Å². The van der Waals surface area contributed by atoms with Gasteiger partial charge in [0.2, 0.25) is 0 Å². The van der Waals surface area contributed by atoms with Crippen molar-refractivity contribution in [2.24, 2.45) is 10.4 Å². The zero-order valence-electron chi connectivity index (χ0n) is 19.3. The first-order valence-electron chi connectivity index (χ1n) is 10.6. The topological polar surface area (TPSA) is 75.6 Å². The Morgan fingerprint density at radius 1 is 0.758 bits per heavy atom. The molecule has 7 heteroatoms. The number of ether oxygens (including phenoxy) is 5. The molecule has 0 aromatic heterocycles. The summed E-state index contributed by atoms with van der Waals surface area (Å²) in [6.07, 6.45) is 4.79. The largest absolute Gasteiger partial charge is 0.493 e. The highest BCUT2D eigenvalue weighted by molar-refractivity contribution is 6.18. The molecule has 1 spiro atoms. The SMILES string of the molecule is COC1=CC2=Cc3cc(OC)c(OC)cc3C3=Nc4cc(OC)c(OC)cc4C[C@]23CC1=O. The first-order valence-corrected chi connectivity index (χ1v) is 10.6. The van der Waals surface area contributed by atoms with Crippen molar-refractivity contribution in [3.05, 3.63) is 58.4 Å². The second kappa shape index (κ2) is 7.69. The normalized spacial score (nSPS) is 20.2. The molecule has 0 unspecified atom stereocenters. The van der Waals surface area contributed by atoms with Crippen molar-refractivity contribution in [2.45, 2.75) is 12.8 Å². The van der Waals surface area contributed by atoms with Crippen LogP contribution in [0.3, 0.4) is 0 Å². The van der Waals surface area contributed by atoms with Crippen molar-refractivity contribution < 1.29 is 28.5 Å². The van der Waals surface area contributed by atoms with Crippen LogP contribution >= 0.6 is 0 Å². The molecule has 2 aromatic carbocycles. The lowest BCUT2D eigenvalue weighted by Gasteiger charge is -2.44. The average molecular weight is 447 g/mol. The van der Waals surface area contributed by atoms with Crippen molar-refractivity contribution in [3.8, 4) is 23.0 Å². The van der Waals surface area contributed by atoms with Gasteiger partial charge in [-0.1, -0.05) is 0 Å². The predicted octanol–water partition coefficient (Wildman–Crippen LogP) is 4.28. The molecule has 170 valence electrons. The van der Waals surface area contributed by atoms with E-state index in [1.165, 1.54) is 7.11 Å². The standard InChI is InChI=1S/C26H25NO6/c1-29-20-9-16-6-14-7-21(30-2)23(32-4)10-17(14)25-26(16,13-19(20)28)12-15-8-22(31-3)24(33-5)11-18(15)27-25/h6-11H,12-13H2,1-5H3/t26-/m0/s1. The van der Waals surface area contributed by atoms with Gasteiger partial charge in [0, 0.05) is 23.5 Å². The lowest BCUT2D eigenvalue weighted by molar-refractivity contribution is -0.120. The predicted molar refractivity (Wildman–Crippen MR) is 124 cm³/mol. The van der Waals surface area contributed by atoms with E-state index in [1.807, 2.05) is 30.3 Å². The molecule has 33 heavy (non-hydrogen) atoms. The van der Waals surface area contributed by atoms with E-state index in [0.29, 0.717) is 35.2 Å². The summed E-state index contributed by atoms with van der Waals surface area (Å²) in [5.74, 6) is 2.79. The number of fused-ring (bicyclic) bond motifs is 3. The molecule has 0 amide bonds. The Morgan fingerprint density at radius 3 is 2.06 bits per heavy atom. The van der Waals surface area contributed by atoms with Gasteiger partial charge in [-0.3, -0.25) is 9.79 Å². The molecule has 0 radical (unpaired) electrons. The van der Waals surface area contributed by atoms with Crippen molar-refractivity contribution >= 4 is 23.3 Å². The monoisotopic (exact) mass is 447 g/mol. The molecular weight excluding hydrogens is 422 g/mol. The minimum atomic E-state index is -0.613. The number of carbonyl (C=O) groups excluding carboxylic acids is 1. The van der Waals surface area contributed by atoms with Gasteiger partial charge in [0.15, 0.2) is 34.5 Å². The Labute approximate surface area is 192 Å². The molecule has 2 aliphatic carbocycles. The number of hydrogen-bond donors (Lipinski definition) is 0. The summed E-state index contributed by atoms with van der Waals surface area (Å²) in [6, 6.07) is 7.71. The van der Waals surface area contributed by atoms with Gasteiger partial charge in [-0.05, 0) is 53.5 Å². The van der Waals surface area contributed by atoms with Crippen molar-refractivity contribution in [1.82, 2.24) is 0 Å². The first kappa shape index (κ1) is 21.1. The summed E-state index contributed by atoms with van der Waals surface area (Å²) in [6.45, 7) is 0. The maximum atomic E-state index is 13.0. The van der Waals surface area contributed by atoms with Gasteiger partial charge in [0.1, 0.15) is 0 Å². The van der Waals surface area contributed by atoms with Gasteiger partial charge in [-0.15, -0.1) is 0 Å². The number of methoxy groups -OCH3 is 5. The molecule has 5 rings (SSSR count). The van der Waals surface area contributed by atoms with Crippen LogP contribution in [0.15, 0.2) is 46.7 Å². The fraction of sp³-hybridized carbons (Fsp3) is 0.308. The minimum absolute atomic E-state index is 0.0461. The van der Waals surface area contributed by atoms with Crippen LogP contribution in [0.25, 0.3) is 6.08 Å². The minimum Gasteiger partial charge on any atom is -0.493 e. The molecule has 1 atom stereocenters. The molecule has 0 saturated carbocycles. The Hall–Kier alpha value is -3.74. The zero-order valence-corrected chi connectivity index (χ0v) is 19.3. The fourth-order valence-corrected chi connectivity index (χ4v) is 5.06. The molecule has 1 heterocycles. The summed E-state index contributed by atoms with van der Waals surface area (Å²) in [5, 5.41) is 0. The van der Waals surface area contributed by atoms with Crippen molar-refractivity contribution in [3.63, 3.8) is 0 Å². The summed E-state index contributed by atoms with van der Waals surface area (Å²) in [7, 11) is 7.96. The highest BCUT2D eigenvalue weighted by Gasteiger charge is 2.50. The third-order valence-electron chi connectivity index (χ3n) is 6.68. The number of aliphatic imine (C=N–C) groups is 1. The molecule has 2 aromatic rings. The third-order valence-corrected chi connectivity index (χ3v) is 6.68. The average Bonchev–Trinajstić information content (AvgIpc) is 2.84. The van der Waals surface area contributed by atoms with Crippen LogP contribution in [0.2, 0.25) is 0 Å². The zero-order chi connectivity index (χ0) is 23.3. The molecular formula is C26H25NO6. The molecule has 0 bridgehead atoms. The maximum absolute atomic E-state index is 13.0. The summed E-state index contributed by atoms with van der Waals surface area (Å²) >= 11 is 0. The van der Waals surface area contributed by atoms with Gasteiger partial charge in [-0.25, -0.2) is 0 Å². The number of allylic oxidation sites excluding steroid dienone is 3. The van der Waals surface area contributed by atoms with Crippen molar-refractivity contribution in [2.75, 3.05) is 35.5 Å². The van der Waals surface area contributed by atoms with Gasteiger partial charge < -0.3 is 23.7 Å². The van der Waals surface area contributed by atoms with E-state index in [-0.39, 0.29) is 12.2 Å². The third kappa shape index (κ3) is 3.03. The molecule has 0 fully saturated rings. The van der Waals surface area contributed by atoms with Crippen LogP contribution < -0.4 is 18.9 Å². The number of ketones is 1. The van der Waals surface area contributed by atoms with Crippen LogP contribution in [0.1, 0.15) is 23.1 Å². The second-order valence-corrected chi connectivity index (χ2v) is 8.26. The quantitative estimate of drug-likeness (QED) is 0.681. The Bertz CT molecular complexity index is 1270. The smallest absolute Gasteiger partial charge is 0.198 e. The molecule has 0 N–H and O–H groups in total. The van der Waals surface area contributed by atoms with E-state index in [2.05, 4.69) is 6.08 Å². The molecule has 7 nitrogen and oxygen atoms in total. The first-order chi connectivity index (χ1) is 16.0. The van der Waals surface area contributed by atoms with E-state index in [4.69, 9.17) is 28.7 Å². The van der Waals surface area contributed by atoms with Crippen LogP contribution in [-0.2, 0) is 16.0 Å². The molecule has 3 aliphatic rings. The van der Waals surface area contributed by atoms with Crippen molar-refractivity contribution in [1.29, 1.82) is 0 Å². The van der Waals surface area contributed by atoms with Gasteiger partial charge in [0.05, 0.1) is 46.9 Å². The Kier molecular flexibility index (Phi) is 4.92. The molecule has 1 aliphatic heterocycles. The number of rotatable bonds is 5. The van der Waals surface area contributed by atoms with Crippen LogP contribution in [-0.4, -0.2) is 47.0 Å². The number of hydrogen-bond acceptors (Lipinski definition) is 7. The lowest BCUT2D eigenvalue weighted by atomic mass is 9.60.